The van der Waals surface area contributed by atoms with Crippen molar-refractivity contribution in [1.29, 1.82) is 0 Å². The van der Waals surface area contributed by atoms with Gasteiger partial charge in [-0.05, 0) is 17.2 Å². The molecule has 1 amide bonds. The Morgan fingerprint density at radius 3 is 2.24 bits per heavy atom. The van der Waals surface area contributed by atoms with Crippen LogP contribution in [-0.2, 0) is 0 Å². The van der Waals surface area contributed by atoms with Crippen LogP contribution >= 0.6 is 0 Å². The van der Waals surface area contributed by atoms with E-state index in [0.717, 1.165) is 5.56 Å². The summed E-state index contributed by atoms with van der Waals surface area (Å²) in [6, 6.07) is 17.6. The maximum absolute atomic E-state index is 11.4. The molecule has 2 aromatic carbocycles. The number of rotatable bonds is 3. The van der Waals surface area contributed by atoms with Gasteiger partial charge in [0.25, 0.3) is 0 Å². The first kappa shape index (κ1) is 11.4. The average Bonchev–Trinajstić information content (AvgIpc) is 2.39. The SMILES string of the molecule is C[C@@H](c1ccccc1)c1ccccc1C(N)=O. The first-order chi connectivity index (χ1) is 8.20. The highest BCUT2D eigenvalue weighted by Crippen LogP contribution is 2.26. The van der Waals surface area contributed by atoms with Crippen LogP contribution in [0.2, 0.25) is 0 Å². The molecule has 0 saturated carbocycles. The fourth-order valence-electron chi connectivity index (χ4n) is 2.02. The van der Waals surface area contributed by atoms with E-state index in [2.05, 4.69) is 19.1 Å². The van der Waals surface area contributed by atoms with Gasteiger partial charge >= 0.3 is 0 Å². The van der Waals surface area contributed by atoms with Gasteiger partial charge in [-0.15, -0.1) is 0 Å². The van der Waals surface area contributed by atoms with E-state index in [1.165, 1.54) is 5.56 Å². The Hall–Kier alpha value is -2.09. The minimum atomic E-state index is -0.372. The summed E-state index contributed by atoms with van der Waals surface area (Å²) in [5, 5.41) is 0. The molecule has 0 fully saturated rings. The third kappa shape index (κ3) is 2.36. The molecule has 0 aliphatic heterocycles. The Bertz CT molecular complexity index is 519. The van der Waals surface area contributed by atoms with Gasteiger partial charge in [-0.1, -0.05) is 55.5 Å². The standard InChI is InChI=1S/C15H15NO/c1-11(12-7-3-2-4-8-12)13-9-5-6-10-14(13)15(16)17/h2-11H,1H3,(H2,16,17)/t11-/m0/s1. The highest BCUT2D eigenvalue weighted by Gasteiger charge is 2.14. The molecule has 2 aromatic rings. The van der Waals surface area contributed by atoms with Gasteiger partial charge in [-0.3, -0.25) is 4.79 Å². The van der Waals surface area contributed by atoms with E-state index in [1.807, 2.05) is 36.4 Å². The molecule has 17 heavy (non-hydrogen) atoms. The maximum atomic E-state index is 11.4. The number of hydrogen-bond acceptors (Lipinski definition) is 1. The quantitative estimate of drug-likeness (QED) is 0.857. The Morgan fingerprint density at radius 1 is 1.00 bits per heavy atom. The van der Waals surface area contributed by atoms with Gasteiger partial charge in [0.15, 0.2) is 0 Å². The van der Waals surface area contributed by atoms with Crippen molar-refractivity contribution in [2.45, 2.75) is 12.8 Å². The number of carbonyl (C=O) groups excluding carboxylic acids is 1. The normalized spacial score (nSPS) is 12.1. The Labute approximate surface area is 101 Å². The van der Waals surface area contributed by atoms with Gasteiger partial charge in [-0.25, -0.2) is 0 Å². The van der Waals surface area contributed by atoms with E-state index in [4.69, 9.17) is 5.73 Å². The molecular formula is C15H15NO. The summed E-state index contributed by atoms with van der Waals surface area (Å²) < 4.78 is 0. The van der Waals surface area contributed by atoms with E-state index in [9.17, 15) is 4.79 Å². The minimum absolute atomic E-state index is 0.167. The van der Waals surface area contributed by atoms with Crippen LogP contribution in [0.5, 0.6) is 0 Å². The fourth-order valence-corrected chi connectivity index (χ4v) is 2.02. The van der Waals surface area contributed by atoms with E-state index in [1.54, 1.807) is 6.07 Å². The van der Waals surface area contributed by atoms with Crippen molar-refractivity contribution < 1.29 is 4.79 Å². The predicted octanol–water partition coefficient (Wildman–Crippen LogP) is 2.94. The second kappa shape index (κ2) is 4.83. The molecule has 2 N–H and O–H groups in total. The molecule has 0 aromatic heterocycles. The molecule has 0 aliphatic carbocycles. The molecule has 0 saturated heterocycles. The van der Waals surface area contributed by atoms with Gasteiger partial charge in [0.05, 0.1) is 0 Å². The molecule has 1 atom stereocenters. The molecule has 0 aliphatic rings. The average molecular weight is 225 g/mol. The lowest BCUT2D eigenvalue weighted by Crippen LogP contribution is -2.15. The lowest BCUT2D eigenvalue weighted by molar-refractivity contribution is 0.0999. The fraction of sp³-hybridized carbons (Fsp3) is 0.133. The van der Waals surface area contributed by atoms with Crippen LogP contribution in [0, 0.1) is 0 Å². The van der Waals surface area contributed by atoms with Crippen molar-refractivity contribution in [3.05, 3.63) is 71.3 Å². The molecular weight excluding hydrogens is 210 g/mol. The Kier molecular flexibility index (Phi) is 3.24. The van der Waals surface area contributed by atoms with Crippen molar-refractivity contribution in [3.8, 4) is 0 Å². The topological polar surface area (TPSA) is 43.1 Å². The van der Waals surface area contributed by atoms with Gasteiger partial charge in [0.2, 0.25) is 5.91 Å². The van der Waals surface area contributed by atoms with Gasteiger partial charge in [0, 0.05) is 11.5 Å². The van der Waals surface area contributed by atoms with Crippen molar-refractivity contribution in [2.75, 3.05) is 0 Å². The molecule has 2 nitrogen and oxygen atoms in total. The molecule has 2 rings (SSSR count). The minimum Gasteiger partial charge on any atom is -0.366 e. The Balaban J connectivity index is 2.44. The first-order valence-corrected chi connectivity index (χ1v) is 5.64. The van der Waals surface area contributed by atoms with Gasteiger partial charge in [-0.2, -0.15) is 0 Å². The zero-order valence-electron chi connectivity index (χ0n) is 9.76. The first-order valence-electron chi connectivity index (χ1n) is 5.64. The van der Waals surface area contributed by atoms with Crippen LogP contribution in [0.15, 0.2) is 54.6 Å². The number of amides is 1. The summed E-state index contributed by atoms with van der Waals surface area (Å²) in [5.41, 5.74) is 8.15. The van der Waals surface area contributed by atoms with Crippen LogP contribution in [0.4, 0.5) is 0 Å². The van der Waals surface area contributed by atoms with Crippen molar-refractivity contribution in [1.82, 2.24) is 0 Å². The lowest BCUT2D eigenvalue weighted by atomic mass is 9.89. The van der Waals surface area contributed by atoms with E-state index < -0.39 is 0 Å². The summed E-state index contributed by atoms with van der Waals surface area (Å²) in [4.78, 5) is 11.4. The summed E-state index contributed by atoms with van der Waals surface area (Å²) in [6.07, 6.45) is 0. The van der Waals surface area contributed by atoms with Gasteiger partial charge < -0.3 is 5.73 Å². The monoisotopic (exact) mass is 225 g/mol. The van der Waals surface area contributed by atoms with E-state index in [-0.39, 0.29) is 11.8 Å². The Morgan fingerprint density at radius 2 is 1.59 bits per heavy atom. The highest BCUT2D eigenvalue weighted by molar-refractivity contribution is 5.94. The number of hydrogen-bond donors (Lipinski definition) is 1. The second-order valence-corrected chi connectivity index (χ2v) is 4.08. The predicted molar refractivity (Wildman–Crippen MR) is 68.9 cm³/mol. The molecule has 0 heterocycles. The zero-order valence-corrected chi connectivity index (χ0v) is 9.76. The summed E-state index contributed by atoms with van der Waals surface area (Å²) in [5.74, 6) is -0.205. The molecule has 2 heteroatoms. The van der Waals surface area contributed by atoms with E-state index in [0.29, 0.717) is 5.56 Å². The molecule has 0 bridgehead atoms. The van der Waals surface area contributed by atoms with Crippen LogP contribution in [0.25, 0.3) is 0 Å². The number of benzene rings is 2. The van der Waals surface area contributed by atoms with Gasteiger partial charge in [0.1, 0.15) is 0 Å². The summed E-state index contributed by atoms with van der Waals surface area (Å²) in [7, 11) is 0. The number of nitrogens with two attached hydrogens (primary N) is 1. The molecule has 0 radical (unpaired) electrons. The smallest absolute Gasteiger partial charge is 0.248 e. The molecule has 86 valence electrons. The van der Waals surface area contributed by atoms with Crippen LogP contribution in [0.3, 0.4) is 0 Å². The molecule has 0 spiro atoms. The summed E-state index contributed by atoms with van der Waals surface area (Å²) in [6.45, 7) is 2.08. The van der Waals surface area contributed by atoms with Crippen LogP contribution in [0.1, 0.15) is 34.3 Å². The summed E-state index contributed by atoms with van der Waals surface area (Å²) >= 11 is 0. The van der Waals surface area contributed by atoms with Crippen molar-refractivity contribution in [3.63, 3.8) is 0 Å². The maximum Gasteiger partial charge on any atom is 0.248 e. The largest absolute Gasteiger partial charge is 0.366 e. The number of carbonyl (C=O) groups is 1. The van der Waals surface area contributed by atoms with Crippen molar-refractivity contribution >= 4 is 5.91 Å². The van der Waals surface area contributed by atoms with Crippen LogP contribution < -0.4 is 5.73 Å². The van der Waals surface area contributed by atoms with E-state index >= 15 is 0 Å². The van der Waals surface area contributed by atoms with Crippen LogP contribution in [-0.4, -0.2) is 5.91 Å². The third-order valence-electron chi connectivity index (χ3n) is 2.99. The highest BCUT2D eigenvalue weighted by atomic mass is 16.1. The molecule has 0 unspecified atom stereocenters. The third-order valence-corrected chi connectivity index (χ3v) is 2.99. The second-order valence-electron chi connectivity index (χ2n) is 4.08. The zero-order chi connectivity index (χ0) is 12.3. The van der Waals surface area contributed by atoms with Crippen molar-refractivity contribution in [2.24, 2.45) is 5.73 Å². The lowest BCUT2D eigenvalue weighted by Gasteiger charge is -2.15. The number of primary amides is 1.